The number of aromatic amines is 1. The van der Waals surface area contributed by atoms with Crippen LogP contribution in [0.4, 0.5) is 0 Å². The number of fused-ring (bicyclic) bond motifs is 6. The minimum absolute atomic E-state index is 0.0269. The van der Waals surface area contributed by atoms with Gasteiger partial charge in [-0.05, 0) is 73.1 Å². The number of nitrogens with zero attached hydrogens (tertiary/aromatic N) is 2. The van der Waals surface area contributed by atoms with Crippen LogP contribution in [0.3, 0.4) is 0 Å². The summed E-state index contributed by atoms with van der Waals surface area (Å²) in [7, 11) is 7.36. The minimum Gasteiger partial charge on any atom is -0.497 e. The third kappa shape index (κ3) is 6.54. The molecule has 2 aromatic heterocycles. The molecule has 0 bridgehead atoms. The first-order valence-electron chi connectivity index (χ1n) is 17.4. The highest BCUT2D eigenvalue weighted by atomic mass is 16.6. The van der Waals surface area contributed by atoms with Gasteiger partial charge in [0.2, 0.25) is 5.75 Å². The fourth-order valence-corrected chi connectivity index (χ4v) is 8.46. The average molecular weight is 714 g/mol. The van der Waals surface area contributed by atoms with Crippen molar-refractivity contribution in [1.29, 1.82) is 0 Å². The van der Waals surface area contributed by atoms with Crippen LogP contribution in [0, 0.1) is 17.8 Å². The number of nitrogens with one attached hydrogen (secondary N) is 1. The summed E-state index contributed by atoms with van der Waals surface area (Å²) >= 11 is 0. The molecule has 1 saturated heterocycles. The number of H-pyrrole nitrogens is 1. The molecular formula is C39H43N3O10. The Kier molecular flexibility index (Phi) is 10.1. The Labute approximate surface area is 301 Å². The number of esters is 3. The van der Waals surface area contributed by atoms with Crippen LogP contribution < -0.4 is 18.9 Å². The zero-order chi connectivity index (χ0) is 36.5. The molecule has 3 aliphatic rings. The highest BCUT2D eigenvalue weighted by Crippen LogP contribution is 2.51. The van der Waals surface area contributed by atoms with E-state index in [0.717, 1.165) is 37.2 Å². The summed E-state index contributed by atoms with van der Waals surface area (Å²) in [6, 6.07) is 14.3. The van der Waals surface area contributed by atoms with Gasteiger partial charge in [0.15, 0.2) is 11.5 Å². The topological polar surface area (TPSA) is 148 Å². The second-order valence-corrected chi connectivity index (χ2v) is 13.5. The normalized spacial score (nSPS) is 23.8. The fourth-order valence-electron chi connectivity index (χ4n) is 8.46. The predicted molar refractivity (Wildman–Crippen MR) is 188 cm³/mol. The number of carbonyl (C=O) groups is 3. The Morgan fingerprint density at radius 1 is 0.942 bits per heavy atom. The van der Waals surface area contributed by atoms with Crippen LogP contribution in [0.15, 0.2) is 54.7 Å². The van der Waals surface area contributed by atoms with Crippen LogP contribution in [-0.2, 0) is 36.6 Å². The molecule has 0 spiro atoms. The number of ether oxygens (including phenoxy) is 7. The number of benzene rings is 2. The highest BCUT2D eigenvalue weighted by molar-refractivity contribution is 5.92. The standard InChI is InChI=1S/C39H43N3O10/c1-46-24-9-10-25-26-11-13-42-20-22-16-32(37(49-4)34(39(45)50-5)27(22)19-29(42)35(26)41-28(25)18-24)51-38(44)21-14-30(47-2)36(31(15-21)48-3)52-33(43)17-23-8-6-7-12-40-23/h6-10,12,14-15,18,22,27,29,32,34,37,41H,11,13,16-17,19-20H2,1-5H3/t22-,27+,29-,32-,34+,37+/m1/s1. The molecule has 6 atom stereocenters. The van der Waals surface area contributed by atoms with Crippen LogP contribution in [0.5, 0.6) is 23.0 Å². The van der Waals surface area contributed by atoms with E-state index in [9.17, 15) is 14.4 Å². The van der Waals surface area contributed by atoms with Gasteiger partial charge in [0.25, 0.3) is 0 Å². The van der Waals surface area contributed by atoms with Crippen molar-refractivity contribution in [3.8, 4) is 23.0 Å². The van der Waals surface area contributed by atoms with Crippen molar-refractivity contribution in [2.24, 2.45) is 17.8 Å². The number of hydrogen-bond acceptors (Lipinski definition) is 12. The number of piperidine rings is 1. The molecule has 0 amide bonds. The minimum atomic E-state index is -0.742. The van der Waals surface area contributed by atoms with Crippen molar-refractivity contribution >= 4 is 28.8 Å². The van der Waals surface area contributed by atoms with E-state index in [0.29, 0.717) is 12.1 Å². The molecular weight excluding hydrogens is 670 g/mol. The number of aromatic nitrogens is 2. The number of methoxy groups -OCH3 is 5. The molecule has 0 radical (unpaired) electrons. The van der Waals surface area contributed by atoms with E-state index in [4.69, 9.17) is 33.2 Å². The van der Waals surface area contributed by atoms with Crippen LogP contribution in [0.2, 0.25) is 0 Å². The van der Waals surface area contributed by atoms with Crippen LogP contribution in [0.25, 0.3) is 10.9 Å². The van der Waals surface area contributed by atoms with Crippen molar-refractivity contribution in [1.82, 2.24) is 14.9 Å². The monoisotopic (exact) mass is 713 g/mol. The second kappa shape index (κ2) is 14.8. The first kappa shape index (κ1) is 35.3. The van der Waals surface area contributed by atoms with Crippen LogP contribution in [-0.4, -0.2) is 93.6 Å². The number of rotatable bonds is 10. The Balaban J connectivity index is 1.12. The summed E-state index contributed by atoms with van der Waals surface area (Å²) in [6.07, 6.45) is 2.15. The Morgan fingerprint density at radius 3 is 2.40 bits per heavy atom. The van der Waals surface area contributed by atoms with Crippen molar-refractivity contribution in [3.63, 3.8) is 0 Å². The fraction of sp³-hybridized carbons (Fsp3) is 0.436. The zero-order valence-electron chi connectivity index (χ0n) is 29.9. The predicted octanol–water partition coefficient (Wildman–Crippen LogP) is 4.71. The van der Waals surface area contributed by atoms with E-state index >= 15 is 0 Å². The number of carbonyl (C=O) groups excluding carboxylic acids is 3. The van der Waals surface area contributed by atoms with Gasteiger partial charge in [-0.2, -0.15) is 0 Å². The summed E-state index contributed by atoms with van der Waals surface area (Å²) in [5.41, 5.74) is 4.17. The Hall–Kier alpha value is -5.14. The highest BCUT2D eigenvalue weighted by Gasteiger charge is 2.54. The van der Waals surface area contributed by atoms with E-state index in [1.54, 1.807) is 31.5 Å². The Bertz CT molecular complexity index is 1940. The summed E-state index contributed by atoms with van der Waals surface area (Å²) in [5.74, 6) is -1.29. The summed E-state index contributed by atoms with van der Waals surface area (Å²) in [6.45, 7) is 1.60. The largest absolute Gasteiger partial charge is 0.497 e. The quantitative estimate of drug-likeness (QED) is 0.179. The molecule has 1 N–H and O–H groups in total. The maximum atomic E-state index is 13.8. The molecule has 1 aliphatic carbocycles. The Morgan fingerprint density at radius 2 is 1.73 bits per heavy atom. The van der Waals surface area contributed by atoms with E-state index in [1.807, 2.05) is 12.1 Å². The van der Waals surface area contributed by atoms with Gasteiger partial charge in [0.05, 0.1) is 58.1 Å². The van der Waals surface area contributed by atoms with E-state index in [2.05, 4.69) is 20.9 Å². The van der Waals surface area contributed by atoms with Crippen molar-refractivity contribution in [2.45, 2.75) is 43.9 Å². The molecule has 0 unspecified atom stereocenters. The van der Waals surface area contributed by atoms with Gasteiger partial charge in [0, 0.05) is 49.1 Å². The average Bonchev–Trinajstić information content (AvgIpc) is 3.55. The maximum absolute atomic E-state index is 13.8. The third-order valence-electron chi connectivity index (χ3n) is 10.8. The molecule has 274 valence electrons. The molecule has 52 heavy (non-hydrogen) atoms. The van der Waals surface area contributed by atoms with Crippen LogP contribution in [0.1, 0.15) is 46.2 Å². The zero-order valence-corrected chi connectivity index (χ0v) is 29.9. The number of hydrogen-bond donors (Lipinski definition) is 1. The molecule has 1 saturated carbocycles. The van der Waals surface area contributed by atoms with Gasteiger partial charge in [-0.25, -0.2) is 4.79 Å². The van der Waals surface area contributed by atoms with Gasteiger partial charge in [0.1, 0.15) is 18.0 Å². The second-order valence-electron chi connectivity index (χ2n) is 13.5. The van der Waals surface area contributed by atoms with Gasteiger partial charge < -0.3 is 38.1 Å². The van der Waals surface area contributed by atoms with Crippen molar-refractivity contribution < 1.29 is 47.5 Å². The summed E-state index contributed by atoms with van der Waals surface area (Å²) in [5, 5.41) is 1.19. The molecule has 2 aliphatic heterocycles. The molecule has 7 rings (SSSR count). The molecule has 4 heterocycles. The maximum Gasteiger partial charge on any atom is 0.338 e. The SMILES string of the molecule is COC(=O)[C@H]1[C@H]2C[C@@H]3c4[nH]c5cc(OC)ccc5c4CCN3C[C@H]2C[C@@H](OC(=O)c2cc(OC)c(OC(=O)Cc3ccccn3)c(OC)c2)[C@@H]1OC. The lowest BCUT2D eigenvalue weighted by molar-refractivity contribution is -0.176. The van der Waals surface area contributed by atoms with Gasteiger partial charge in [-0.1, -0.05) is 6.07 Å². The lowest BCUT2D eigenvalue weighted by atomic mass is 9.63. The third-order valence-corrected chi connectivity index (χ3v) is 10.8. The summed E-state index contributed by atoms with van der Waals surface area (Å²) < 4.78 is 39.6. The molecule has 13 nitrogen and oxygen atoms in total. The van der Waals surface area contributed by atoms with E-state index < -0.39 is 36.0 Å². The molecule has 2 aromatic carbocycles. The lowest BCUT2D eigenvalue weighted by Crippen LogP contribution is -2.58. The lowest BCUT2D eigenvalue weighted by Gasteiger charge is -2.52. The number of pyridine rings is 1. The first-order valence-corrected chi connectivity index (χ1v) is 17.4. The smallest absolute Gasteiger partial charge is 0.338 e. The van der Waals surface area contributed by atoms with Gasteiger partial charge in [-0.15, -0.1) is 0 Å². The first-order chi connectivity index (χ1) is 25.3. The molecule has 4 aromatic rings. The van der Waals surface area contributed by atoms with E-state index in [1.165, 1.54) is 57.2 Å². The van der Waals surface area contributed by atoms with Gasteiger partial charge >= 0.3 is 17.9 Å². The van der Waals surface area contributed by atoms with Crippen molar-refractivity contribution in [2.75, 3.05) is 48.6 Å². The van der Waals surface area contributed by atoms with E-state index in [-0.39, 0.29) is 47.1 Å². The van der Waals surface area contributed by atoms with Gasteiger partial charge in [-0.3, -0.25) is 19.5 Å². The molecule has 2 fully saturated rings. The van der Waals surface area contributed by atoms with Crippen molar-refractivity contribution in [3.05, 3.63) is 77.2 Å². The molecule has 13 heteroatoms. The van der Waals surface area contributed by atoms with Crippen LogP contribution >= 0.6 is 0 Å². The summed E-state index contributed by atoms with van der Waals surface area (Å²) in [4.78, 5) is 50.5.